The van der Waals surface area contributed by atoms with Crippen LogP contribution < -0.4 is 5.32 Å². The molecule has 2 heterocycles. The molecule has 92 valence electrons. The molecule has 2 aromatic heterocycles. The Morgan fingerprint density at radius 3 is 2.61 bits per heavy atom. The van der Waals surface area contributed by atoms with Crippen LogP contribution in [-0.2, 0) is 0 Å². The van der Waals surface area contributed by atoms with E-state index >= 15 is 0 Å². The number of rotatable bonds is 3. The quantitative estimate of drug-likeness (QED) is 0.907. The maximum absolute atomic E-state index is 11.8. The van der Waals surface area contributed by atoms with E-state index in [1.165, 1.54) is 29.7 Å². The molecule has 0 saturated heterocycles. The first-order valence-electron chi connectivity index (χ1n) is 4.81. The molecule has 0 atom stereocenters. The molecular weight excluding hydrogens is 276 g/mol. The molecule has 0 aromatic carbocycles. The summed E-state index contributed by atoms with van der Waals surface area (Å²) in [6, 6.07) is 4.41. The van der Waals surface area contributed by atoms with E-state index < -0.39 is 5.97 Å². The number of aromatic carboxylic acids is 1. The Hall–Kier alpha value is -1.92. The van der Waals surface area contributed by atoms with Crippen molar-refractivity contribution < 1.29 is 14.7 Å². The van der Waals surface area contributed by atoms with E-state index in [1.807, 2.05) is 0 Å². The molecule has 0 saturated carbocycles. The van der Waals surface area contributed by atoms with E-state index in [-0.39, 0.29) is 11.6 Å². The van der Waals surface area contributed by atoms with E-state index in [1.54, 1.807) is 11.4 Å². The first-order valence-corrected chi connectivity index (χ1v) is 6.07. The molecule has 1 amide bonds. The number of hydrogen-bond acceptors (Lipinski definition) is 4. The lowest BCUT2D eigenvalue weighted by atomic mass is 10.3. The number of carbonyl (C=O) groups excluding carboxylic acids is 1. The lowest BCUT2D eigenvalue weighted by Gasteiger charge is -2.03. The van der Waals surface area contributed by atoms with E-state index in [0.717, 1.165) is 0 Å². The summed E-state index contributed by atoms with van der Waals surface area (Å²) in [5, 5.41) is 13.4. The highest BCUT2D eigenvalue weighted by atomic mass is 35.5. The van der Waals surface area contributed by atoms with Gasteiger partial charge in [0.1, 0.15) is 10.6 Å². The molecule has 0 unspecified atom stereocenters. The molecule has 2 rings (SSSR count). The van der Waals surface area contributed by atoms with Crippen molar-refractivity contribution in [3.8, 4) is 0 Å². The number of carboxylic acid groups (broad SMARTS) is 1. The van der Waals surface area contributed by atoms with Crippen molar-refractivity contribution in [3.63, 3.8) is 0 Å². The Kier molecular flexibility index (Phi) is 3.59. The van der Waals surface area contributed by atoms with Crippen LogP contribution in [0.15, 0.2) is 29.8 Å². The molecule has 5 nitrogen and oxygen atoms in total. The smallest absolute Gasteiger partial charge is 0.354 e. The van der Waals surface area contributed by atoms with Crippen molar-refractivity contribution in [1.82, 2.24) is 4.98 Å². The lowest BCUT2D eigenvalue weighted by molar-refractivity contribution is 0.0690. The topological polar surface area (TPSA) is 79.3 Å². The molecule has 0 fully saturated rings. The maximum atomic E-state index is 11.8. The third-order valence-electron chi connectivity index (χ3n) is 2.06. The van der Waals surface area contributed by atoms with Gasteiger partial charge in [-0.15, -0.1) is 11.3 Å². The molecule has 0 radical (unpaired) electrons. The van der Waals surface area contributed by atoms with Gasteiger partial charge in [-0.05, 0) is 23.6 Å². The zero-order chi connectivity index (χ0) is 13.1. The minimum atomic E-state index is -1.12. The molecule has 7 heteroatoms. The number of nitrogens with one attached hydrogen (secondary N) is 1. The SMILES string of the molecule is O=C(O)c1ccc(NC(=O)c2sccc2Cl)cn1. The largest absolute Gasteiger partial charge is 0.477 e. The number of pyridine rings is 1. The van der Waals surface area contributed by atoms with Gasteiger partial charge in [0.05, 0.1) is 16.9 Å². The third-order valence-corrected chi connectivity index (χ3v) is 3.40. The number of halogens is 1. The van der Waals surface area contributed by atoms with Crippen molar-refractivity contribution in [1.29, 1.82) is 0 Å². The second-order valence-electron chi connectivity index (χ2n) is 3.29. The summed E-state index contributed by atoms with van der Waals surface area (Å²) >= 11 is 7.05. The fourth-order valence-corrected chi connectivity index (χ4v) is 2.27. The van der Waals surface area contributed by atoms with Crippen LogP contribution in [0.4, 0.5) is 5.69 Å². The lowest BCUT2D eigenvalue weighted by Crippen LogP contribution is -2.11. The number of carboxylic acids is 1. The van der Waals surface area contributed by atoms with Crippen LogP contribution in [0, 0.1) is 0 Å². The molecular formula is C11H7ClN2O3S. The number of thiophene rings is 1. The normalized spacial score (nSPS) is 10.1. The minimum Gasteiger partial charge on any atom is -0.477 e. The van der Waals surface area contributed by atoms with Gasteiger partial charge in [-0.25, -0.2) is 9.78 Å². The Balaban J connectivity index is 2.13. The molecule has 2 aromatic rings. The van der Waals surface area contributed by atoms with Gasteiger partial charge in [0.15, 0.2) is 0 Å². The summed E-state index contributed by atoms with van der Waals surface area (Å²) in [5.41, 5.74) is 0.330. The molecule has 0 spiro atoms. The Labute approximate surface area is 111 Å². The molecule has 0 aliphatic rings. The van der Waals surface area contributed by atoms with Gasteiger partial charge in [-0.2, -0.15) is 0 Å². The van der Waals surface area contributed by atoms with E-state index in [4.69, 9.17) is 16.7 Å². The summed E-state index contributed by atoms with van der Waals surface area (Å²) < 4.78 is 0. The van der Waals surface area contributed by atoms with Crippen LogP contribution in [0.25, 0.3) is 0 Å². The molecule has 0 aliphatic carbocycles. The zero-order valence-electron chi connectivity index (χ0n) is 8.88. The molecule has 0 bridgehead atoms. The fraction of sp³-hybridized carbons (Fsp3) is 0. The minimum absolute atomic E-state index is 0.0813. The Morgan fingerprint density at radius 1 is 1.33 bits per heavy atom. The number of amides is 1. The second-order valence-corrected chi connectivity index (χ2v) is 4.61. The third kappa shape index (κ3) is 2.66. The molecule has 2 N–H and O–H groups in total. The monoisotopic (exact) mass is 282 g/mol. The number of carbonyl (C=O) groups is 2. The fourth-order valence-electron chi connectivity index (χ4n) is 1.24. The van der Waals surface area contributed by atoms with Crippen LogP contribution in [0.3, 0.4) is 0 Å². The van der Waals surface area contributed by atoms with E-state index in [2.05, 4.69) is 10.3 Å². The zero-order valence-corrected chi connectivity index (χ0v) is 10.5. The summed E-state index contributed by atoms with van der Waals surface area (Å²) in [6.07, 6.45) is 1.28. The van der Waals surface area contributed by atoms with E-state index in [9.17, 15) is 9.59 Å². The van der Waals surface area contributed by atoms with Gasteiger partial charge in [-0.1, -0.05) is 11.6 Å². The standard InChI is InChI=1S/C11H7ClN2O3S/c12-7-3-4-18-9(7)10(15)14-6-1-2-8(11(16)17)13-5-6/h1-5H,(H,14,15)(H,16,17). The van der Waals surface area contributed by atoms with Crippen molar-refractivity contribution in [3.05, 3.63) is 45.4 Å². The molecule has 18 heavy (non-hydrogen) atoms. The average molecular weight is 283 g/mol. The van der Waals surface area contributed by atoms with Gasteiger partial charge in [0, 0.05) is 0 Å². The van der Waals surface area contributed by atoms with Crippen molar-refractivity contribution in [2.75, 3.05) is 5.32 Å². The highest BCUT2D eigenvalue weighted by Gasteiger charge is 2.12. The van der Waals surface area contributed by atoms with Gasteiger partial charge >= 0.3 is 5.97 Å². The molecule has 0 aliphatic heterocycles. The predicted octanol–water partition coefficient (Wildman–Crippen LogP) is 2.75. The summed E-state index contributed by atoms with van der Waals surface area (Å²) in [5.74, 6) is -1.46. The Bertz CT molecular complexity index is 595. The van der Waals surface area contributed by atoms with Crippen molar-refractivity contribution >= 4 is 40.5 Å². The van der Waals surface area contributed by atoms with E-state index in [0.29, 0.717) is 15.6 Å². The first kappa shape index (κ1) is 12.5. The number of anilines is 1. The van der Waals surface area contributed by atoms with Crippen LogP contribution in [0.1, 0.15) is 20.2 Å². The number of nitrogens with zero attached hydrogens (tertiary/aromatic N) is 1. The highest BCUT2D eigenvalue weighted by molar-refractivity contribution is 7.12. The number of aromatic nitrogens is 1. The second kappa shape index (κ2) is 5.16. The van der Waals surface area contributed by atoms with Gasteiger partial charge in [-0.3, -0.25) is 4.79 Å². The first-order chi connectivity index (χ1) is 8.58. The highest BCUT2D eigenvalue weighted by Crippen LogP contribution is 2.23. The van der Waals surface area contributed by atoms with Crippen LogP contribution >= 0.6 is 22.9 Å². The summed E-state index contributed by atoms with van der Waals surface area (Å²) in [7, 11) is 0. The van der Waals surface area contributed by atoms with Crippen molar-refractivity contribution in [2.24, 2.45) is 0 Å². The maximum Gasteiger partial charge on any atom is 0.354 e. The van der Waals surface area contributed by atoms with Gasteiger partial charge < -0.3 is 10.4 Å². The van der Waals surface area contributed by atoms with Crippen LogP contribution in [0.2, 0.25) is 5.02 Å². The average Bonchev–Trinajstić information content (AvgIpc) is 2.76. The predicted molar refractivity (Wildman–Crippen MR) is 68.5 cm³/mol. The number of hydrogen-bond donors (Lipinski definition) is 2. The van der Waals surface area contributed by atoms with Gasteiger partial charge in [0.2, 0.25) is 0 Å². The van der Waals surface area contributed by atoms with Gasteiger partial charge in [0.25, 0.3) is 5.91 Å². The van der Waals surface area contributed by atoms with Crippen molar-refractivity contribution in [2.45, 2.75) is 0 Å². The summed E-state index contributed by atoms with van der Waals surface area (Å²) in [4.78, 5) is 26.5. The Morgan fingerprint density at radius 2 is 2.11 bits per heavy atom. The van der Waals surface area contributed by atoms with Crippen LogP contribution in [0.5, 0.6) is 0 Å². The summed E-state index contributed by atoms with van der Waals surface area (Å²) in [6.45, 7) is 0. The van der Waals surface area contributed by atoms with Crippen LogP contribution in [-0.4, -0.2) is 22.0 Å².